The van der Waals surface area contributed by atoms with Gasteiger partial charge in [0, 0.05) is 17.5 Å². The van der Waals surface area contributed by atoms with E-state index in [1.165, 1.54) is 5.56 Å². The molecular formula is C17H21N5O. The van der Waals surface area contributed by atoms with Crippen LogP contribution in [0, 0.1) is 0 Å². The lowest BCUT2D eigenvalue weighted by Gasteiger charge is -2.32. The van der Waals surface area contributed by atoms with E-state index in [-0.39, 0.29) is 12.1 Å². The lowest BCUT2D eigenvalue weighted by Crippen LogP contribution is -2.47. The average molecular weight is 311 g/mol. The molecule has 6 nitrogen and oxygen atoms in total. The summed E-state index contributed by atoms with van der Waals surface area (Å²) in [4.78, 5) is 14.5. The number of nitrogens with one attached hydrogen (secondary N) is 2. The van der Waals surface area contributed by atoms with E-state index in [1.54, 1.807) is 0 Å². The molecule has 23 heavy (non-hydrogen) atoms. The van der Waals surface area contributed by atoms with Gasteiger partial charge in [0.05, 0.1) is 17.8 Å². The van der Waals surface area contributed by atoms with Crippen LogP contribution in [-0.4, -0.2) is 27.2 Å². The largest absolute Gasteiger partial charge is 0.382 e. The standard InChI is InChI=1S/C17H21N5O/c1-17(2)14-12(15(18)21-20-14)9-22(17)16(23)19-13-8-11(13)10-6-4-3-5-7-10/h3-7,11,13H,8-9H2,1-2H3,(H,19,23)(H3,18,20,21)/t11-,13+/m0/s1. The van der Waals surface area contributed by atoms with Crippen LogP contribution in [0.4, 0.5) is 10.6 Å². The second kappa shape index (κ2) is 4.75. The molecule has 2 atom stereocenters. The van der Waals surface area contributed by atoms with Gasteiger partial charge in [-0.1, -0.05) is 30.3 Å². The molecule has 1 aromatic heterocycles. The Balaban J connectivity index is 1.45. The molecule has 1 saturated carbocycles. The van der Waals surface area contributed by atoms with E-state index in [2.05, 4.69) is 27.6 Å². The Morgan fingerprint density at radius 3 is 2.83 bits per heavy atom. The zero-order chi connectivity index (χ0) is 16.2. The number of H-pyrrole nitrogens is 1. The van der Waals surface area contributed by atoms with Crippen LogP contribution in [0.1, 0.15) is 43.0 Å². The number of nitrogens with zero attached hydrogens (tertiary/aromatic N) is 2. The summed E-state index contributed by atoms with van der Waals surface area (Å²) in [5.74, 6) is 0.910. The summed E-state index contributed by atoms with van der Waals surface area (Å²) in [7, 11) is 0. The van der Waals surface area contributed by atoms with Gasteiger partial charge < -0.3 is 16.0 Å². The molecule has 0 saturated heterocycles. The maximum Gasteiger partial charge on any atom is 0.318 e. The molecule has 2 aromatic rings. The van der Waals surface area contributed by atoms with Crippen molar-refractivity contribution in [1.29, 1.82) is 0 Å². The minimum absolute atomic E-state index is 0.0394. The summed E-state index contributed by atoms with van der Waals surface area (Å²) >= 11 is 0. The minimum atomic E-state index is -0.429. The fourth-order valence-corrected chi connectivity index (χ4v) is 3.52. The van der Waals surface area contributed by atoms with E-state index in [0.717, 1.165) is 17.7 Å². The van der Waals surface area contributed by atoms with Gasteiger partial charge in [0.2, 0.25) is 0 Å². The number of aromatic nitrogens is 2. The highest BCUT2D eigenvalue weighted by Gasteiger charge is 2.46. The van der Waals surface area contributed by atoms with Crippen LogP contribution in [0.15, 0.2) is 30.3 Å². The van der Waals surface area contributed by atoms with Crippen LogP contribution < -0.4 is 11.1 Å². The average Bonchev–Trinajstić information content (AvgIpc) is 3.10. The third kappa shape index (κ3) is 2.17. The van der Waals surface area contributed by atoms with E-state index < -0.39 is 5.54 Å². The van der Waals surface area contributed by atoms with E-state index in [0.29, 0.717) is 18.3 Å². The van der Waals surface area contributed by atoms with Crippen LogP contribution in [0.3, 0.4) is 0 Å². The number of carbonyl (C=O) groups is 1. The third-order valence-corrected chi connectivity index (χ3v) is 5.07. The first-order valence-electron chi connectivity index (χ1n) is 7.94. The zero-order valence-corrected chi connectivity index (χ0v) is 13.3. The lowest BCUT2D eigenvalue weighted by atomic mass is 10.0. The first kappa shape index (κ1) is 14.1. The molecule has 2 amide bonds. The Bertz CT molecular complexity index is 752. The maximum absolute atomic E-state index is 12.7. The van der Waals surface area contributed by atoms with Crippen molar-refractivity contribution >= 4 is 11.8 Å². The third-order valence-electron chi connectivity index (χ3n) is 5.07. The molecule has 6 heteroatoms. The van der Waals surface area contributed by atoms with Gasteiger partial charge >= 0.3 is 6.03 Å². The Morgan fingerprint density at radius 2 is 2.13 bits per heavy atom. The van der Waals surface area contributed by atoms with Gasteiger partial charge in [-0.05, 0) is 25.8 Å². The second-order valence-electron chi connectivity index (χ2n) is 6.92. The number of anilines is 1. The predicted molar refractivity (Wildman–Crippen MR) is 87.7 cm³/mol. The van der Waals surface area contributed by atoms with Crippen LogP contribution in [0.5, 0.6) is 0 Å². The smallest absolute Gasteiger partial charge is 0.318 e. The maximum atomic E-state index is 12.7. The van der Waals surface area contributed by atoms with Crippen molar-refractivity contribution < 1.29 is 4.79 Å². The topological polar surface area (TPSA) is 87.0 Å². The SMILES string of the molecule is CC1(C)c2[nH]nc(N)c2CN1C(=O)N[C@@H]1C[C@H]1c1ccccc1. The highest BCUT2D eigenvalue weighted by Crippen LogP contribution is 2.43. The molecule has 1 aliphatic carbocycles. The highest BCUT2D eigenvalue weighted by atomic mass is 16.2. The van der Waals surface area contributed by atoms with Crippen molar-refractivity contribution in [1.82, 2.24) is 20.4 Å². The van der Waals surface area contributed by atoms with Crippen LogP contribution in [0.2, 0.25) is 0 Å². The summed E-state index contributed by atoms with van der Waals surface area (Å²) < 4.78 is 0. The summed E-state index contributed by atoms with van der Waals surface area (Å²) in [6.45, 7) is 4.52. The minimum Gasteiger partial charge on any atom is -0.382 e. The van der Waals surface area contributed by atoms with Crippen molar-refractivity contribution in [3.63, 3.8) is 0 Å². The summed E-state index contributed by atoms with van der Waals surface area (Å²) in [5, 5.41) is 10.2. The van der Waals surface area contributed by atoms with Crippen LogP contribution in [0.25, 0.3) is 0 Å². The second-order valence-corrected chi connectivity index (χ2v) is 6.92. The number of urea groups is 1. The number of nitrogen functional groups attached to an aromatic ring is 1. The zero-order valence-electron chi connectivity index (χ0n) is 13.3. The first-order valence-corrected chi connectivity index (χ1v) is 7.94. The Morgan fingerprint density at radius 1 is 1.39 bits per heavy atom. The van der Waals surface area contributed by atoms with Crippen molar-refractivity contribution in [3.05, 3.63) is 47.2 Å². The fourth-order valence-electron chi connectivity index (χ4n) is 3.52. The molecule has 2 aliphatic rings. The predicted octanol–water partition coefficient (Wildman–Crippen LogP) is 2.31. The van der Waals surface area contributed by atoms with Crippen molar-refractivity contribution in [3.8, 4) is 0 Å². The van der Waals surface area contributed by atoms with Gasteiger partial charge in [0.1, 0.15) is 0 Å². The number of carbonyl (C=O) groups excluding carboxylic acids is 1. The number of nitrogens with two attached hydrogens (primary N) is 1. The molecule has 1 fully saturated rings. The summed E-state index contributed by atoms with van der Waals surface area (Å²) in [5.41, 5.74) is 8.61. The molecule has 4 rings (SSSR count). The number of hydrogen-bond acceptors (Lipinski definition) is 3. The summed E-state index contributed by atoms with van der Waals surface area (Å²) in [6.07, 6.45) is 0.999. The molecule has 1 aliphatic heterocycles. The number of benzene rings is 1. The molecule has 1 aromatic carbocycles. The van der Waals surface area contributed by atoms with E-state index in [9.17, 15) is 4.79 Å². The number of rotatable bonds is 2. The molecule has 0 spiro atoms. The number of amides is 2. The number of fused-ring (bicyclic) bond motifs is 1. The van der Waals surface area contributed by atoms with Gasteiger partial charge in [-0.25, -0.2) is 4.79 Å². The molecule has 0 radical (unpaired) electrons. The van der Waals surface area contributed by atoms with Gasteiger partial charge in [-0.15, -0.1) is 0 Å². The van der Waals surface area contributed by atoms with Crippen molar-refractivity contribution in [2.75, 3.05) is 5.73 Å². The van der Waals surface area contributed by atoms with Gasteiger partial charge in [-0.2, -0.15) is 5.10 Å². The summed E-state index contributed by atoms with van der Waals surface area (Å²) in [6, 6.07) is 10.5. The van der Waals surface area contributed by atoms with Gasteiger partial charge in [-0.3, -0.25) is 5.10 Å². The molecule has 120 valence electrons. The number of hydrogen-bond donors (Lipinski definition) is 3. The Labute approximate surface area is 135 Å². The van der Waals surface area contributed by atoms with Gasteiger partial charge in [0.25, 0.3) is 0 Å². The van der Waals surface area contributed by atoms with E-state index in [1.807, 2.05) is 36.9 Å². The lowest BCUT2D eigenvalue weighted by molar-refractivity contribution is 0.142. The monoisotopic (exact) mass is 311 g/mol. The molecule has 0 unspecified atom stereocenters. The normalized spacial score (nSPS) is 24.3. The van der Waals surface area contributed by atoms with Crippen LogP contribution in [-0.2, 0) is 12.1 Å². The first-order chi connectivity index (χ1) is 11.0. The quantitative estimate of drug-likeness (QED) is 0.795. The number of aromatic amines is 1. The molecular weight excluding hydrogens is 290 g/mol. The highest BCUT2D eigenvalue weighted by molar-refractivity contribution is 5.78. The van der Waals surface area contributed by atoms with Gasteiger partial charge in [0.15, 0.2) is 5.82 Å². The van der Waals surface area contributed by atoms with E-state index >= 15 is 0 Å². The van der Waals surface area contributed by atoms with Crippen LogP contribution >= 0.6 is 0 Å². The molecule has 0 bridgehead atoms. The van der Waals surface area contributed by atoms with Crippen molar-refractivity contribution in [2.45, 2.75) is 44.3 Å². The molecule has 2 heterocycles. The fraction of sp³-hybridized carbons (Fsp3) is 0.412. The van der Waals surface area contributed by atoms with E-state index in [4.69, 9.17) is 5.73 Å². The Kier molecular flexibility index (Phi) is 2.91. The molecule has 4 N–H and O–H groups in total. The van der Waals surface area contributed by atoms with Crippen molar-refractivity contribution in [2.24, 2.45) is 0 Å². The Hall–Kier alpha value is -2.50.